The van der Waals surface area contributed by atoms with Gasteiger partial charge in [-0.25, -0.2) is 4.39 Å². The van der Waals surface area contributed by atoms with Crippen LogP contribution < -0.4 is 0 Å². The van der Waals surface area contributed by atoms with Gasteiger partial charge in [0.1, 0.15) is 5.82 Å². The van der Waals surface area contributed by atoms with E-state index < -0.39 is 0 Å². The van der Waals surface area contributed by atoms with Crippen LogP contribution >= 0.6 is 0 Å². The minimum atomic E-state index is -0.388. The van der Waals surface area contributed by atoms with Crippen molar-refractivity contribution in [3.8, 4) is 29.0 Å². The fraction of sp³-hybridized carbons (Fsp3) is 0.174. The number of nitrogens with zero attached hydrogens (tertiary/aromatic N) is 6. The van der Waals surface area contributed by atoms with E-state index in [1.165, 1.54) is 12.1 Å². The lowest BCUT2D eigenvalue weighted by Crippen LogP contribution is -2.36. The molecular weight excluding hydrogens is 411 g/mol. The second-order valence-corrected chi connectivity index (χ2v) is 7.50. The summed E-state index contributed by atoms with van der Waals surface area (Å²) in [5.41, 5.74) is 3.87. The predicted molar refractivity (Wildman–Crippen MR) is 111 cm³/mol. The topological polar surface area (TPSA) is 101 Å². The molecule has 0 radical (unpaired) electrons. The van der Waals surface area contributed by atoms with E-state index in [1.807, 2.05) is 7.05 Å². The average Bonchev–Trinajstić information content (AvgIpc) is 3.43. The van der Waals surface area contributed by atoms with Gasteiger partial charge in [-0.2, -0.15) is 15.3 Å². The van der Waals surface area contributed by atoms with Gasteiger partial charge in [0.25, 0.3) is 11.8 Å². The first-order valence-corrected chi connectivity index (χ1v) is 9.97. The highest BCUT2D eigenvalue weighted by molar-refractivity contribution is 5.94. The Morgan fingerprint density at radius 1 is 1.22 bits per heavy atom. The SMILES string of the molecule is Cn1nc(-c2nc(-c3cccc(F)c3)no2)c2c1CCN(C(=O)c1ccc(C#N)cc1)C2. The number of carbonyl (C=O) groups is 1. The standard InChI is InChI=1S/C23H17FN6O2/c1-29-19-9-10-30(23(31)15-7-5-14(12-25)6-8-15)13-18(19)20(27-29)22-26-21(28-32-22)16-3-2-4-17(24)11-16/h2-8,11H,9-10,13H2,1H3. The zero-order valence-corrected chi connectivity index (χ0v) is 17.1. The molecule has 32 heavy (non-hydrogen) atoms. The number of nitriles is 1. The summed E-state index contributed by atoms with van der Waals surface area (Å²) >= 11 is 0. The van der Waals surface area contributed by atoms with Crippen molar-refractivity contribution in [1.82, 2.24) is 24.8 Å². The average molecular weight is 428 g/mol. The molecule has 8 nitrogen and oxygen atoms in total. The Labute approximate surface area is 182 Å². The van der Waals surface area contributed by atoms with Crippen LogP contribution in [0.25, 0.3) is 23.0 Å². The van der Waals surface area contributed by atoms with Crippen LogP contribution in [-0.4, -0.2) is 37.3 Å². The van der Waals surface area contributed by atoms with E-state index in [0.29, 0.717) is 41.9 Å². The minimum Gasteiger partial charge on any atom is -0.334 e. The predicted octanol–water partition coefficient (Wildman–Crippen LogP) is 3.35. The van der Waals surface area contributed by atoms with Crippen LogP contribution in [0, 0.1) is 17.1 Å². The maximum absolute atomic E-state index is 13.6. The van der Waals surface area contributed by atoms with E-state index in [1.54, 1.807) is 46.0 Å². The molecule has 1 aliphatic heterocycles. The number of fused-ring (bicyclic) bond motifs is 1. The third kappa shape index (κ3) is 3.41. The fourth-order valence-electron chi connectivity index (χ4n) is 3.87. The van der Waals surface area contributed by atoms with Crippen molar-refractivity contribution in [2.75, 3.05) is 6.54 Å². The lowest BCUT2D eigenvalue weighted by Gasteiger charge is -2.27. The summed E-state index contributed by atoms with van der Waals surface area (Å²) in [6.45, 7) is 0.887. The fourth-order valence-corrected chi connectivity index (χ4v) is 3.87. The molecular formula is C23H17FN6O2. The van der Waals surface area contributed by atoms with Gasteiger partial charge in [-0.3, -0.25) is 9.48 Å². The molecule has 9 heteroatoms. The second-order valence-electron chi connectivity index (χ2n) is 7.50. The third-order valence-corrected chi connectivity index (χ3v) is 5.50. The van der Waals surface area contributed by atoms with Crippen LogP contribution in [0.4, 0.5) is 4.39 Å². The van der Waals surface area contributed by atoms with Gasteiger partial charge in [-0.05, 0) is 36.4 Å². The highest BCUT2D eigenvalue weighted by Crippen LogP contribution is 2.30. The van der Waals surface area contributed by atoms with Crippen molar-refractivity contribution < 1.29 is 13.7 Å². The second kappa shape index (κ2) is 7.74. The molecule has 0 spiro atoms. The summed E-state index contributed by atoms with van der Waals surface area (Å²) in [5, 5.41) is 17.5. The maximum Gasteiger partial charge on any atom is 0.279 e. The van der Waals surface area contributed by atoms with Gasteiger partial charge in [0.05, 0.1) is 18.2 Å². The van der Waals surface area contributed by atoms with E-state index in [0.717, 1.165) is 11.3 Å². The lowest BCUT2D eigenvalue weighted by molar-refractivity contribution is 0.0733. The van der Waals surface area contributed by atoms with Gasteiger partial charge >= 0.3 is 0 Å². The van der Waals surface area contributed by atoms with E-state index in [4.69, 9.17) is 9.78 Å². The molecule has 0 bridgehead atoms. The summed E-state index contributed by atoms with van der Waals surface area (Å²) in [4.78, 5) is 19.2. The van der Waals surface area contributed by atoms with Crippen molar-refractivity contribution in [1.29, 1.82) is 5.26 Å². The Morgan fingerprint density at radius 2 is 2.03 bits per heavy atom. The summed E-state index contributed by atoms with van der Waals surface area (Å²) < 4.78 is 20.8. The highest BCUT2D eigenvalue weighted by Gasteiger charge is 2.30. The van der Waals surface area contributed by atoms with Crippen molar-refractivity contribution in [3.63, 3.8) is 0 Å². The van der Waals surface area contributed by atoms with Crippen LogP contribution in [-0.2, 0) is 20.0 Å². The molecule has 1 aliphatic rings. The molecule has 5 rings (SSSR count). The van der Waals surface area contributed by atoms with E-state index in [2.05, 4.69) is 21.3 Å². The summed E-state index contributed by atoms with van der Waals surface area (Å²) in [5.74, 6) is -0.0315. The number of benzene rings is 2. The molecule has 0 N–H and O–H groups in total. The Balaban J connectivity index is 1.45. The lowest BCUT2D eigenvalue weighted by atomic mass is 10.0. The van der Waals surface area contributed by atoms with Crippen LogP contribution in [0.2, 0.25) is 0 Å². The van der Waals surface area contributed by atoms with Crippen LogP contribution in [0.15, 0.2) is 53.1 Å². The number of rotatable bonds is 3. The van der Waals surface area contributed by atoms with Gasteiger partial charge in [0.15, 0.2) is 5.69 Å². The van der Waals surface area contributed by atoms with Crippen molar-refractivity contribution in [2.45, 2.75) is 13.0 Å². The monoisotopic (exact) mass is 428 g/mol. The highest BCUT2D eigenvalue weighted by atomic mass is 19.1. The van der Waals surface area contributed by atoms with Crippen LogP contribution in [0.3, 0.4) is 0 Å². The first kappa shape index (κ1) is 19.6. The molecule has 1 amide bonds. The Morgan fingerprint density at radius 3 is 2.78 bits per heavy atom. The Bertz CT molecular complexity index is 1370. The van der Waals surface area contributed by atoms with Gasteiger partial charge in [0.2, 0.25) is 5.82 Å². The first-order valence-electron chi connectivity index (χ1n) is 9.97. The number of hydrogen-bond acceptors (Lipinski definition) is 6. The van der Waals surface area contributed by atoms with Gasteiger partial charge in [0, 0.05) is 42.4 Å². The number of amides is 1. The number of carbonyl (C=O) groups excluding carboxylic acids is 1. The first-order chi connectivity index (χ1) is 15.5. The normalized spacial score (nSPS) is 13.0. The number of aromatic nitrogens is 4. The summed E-state index contributed by atoms with van der Waals surface area (Å²) in [7, 11) is 1.84. The van der Waals surface area contributed by atoms with Gasteiger partial charge in [-0.1, -0.05) is 17.3 Å². The molecule has 4 aromatic rings. The smallest absolute Gasteiger partial charge is 0.279 e. The summed E-state index contributed by atoms with van der Waals surface area (Å²) in [6.07, 6.45) is 0.631. The molecule has 2 aromatic carbocycles. The van der Waals surface area contributed by atoms with Gasteiger partial charge in [-0.15, -0.1) is 0 Å². The molecule has 0 saturated carbocycles. The maximum atomic E-state index is 13.6. The molecule has 158 valence electrons. The zero-order chi connectivity index (χ0) is 22.2. The minimum absolute atomic E-state index is 0.124. The molecule has 3 heterocycles. The molecule has 0 atom stereocenters. The molecule has 2 aromatic heterocycles. The van der Waals surface area contributed by atoms with E-state index in [9.17, 15) is 9.18 Å². The Kier molecular flexibility index (Phi) is 4.75. The quantitative estimate of drug-likeness (QED) is 0.496. The zero-order valence-electron chi connectivity index (χ0n) is 17.1. The molecule has 0 saturated heterocycles. The number of hydrogen-bond donors (Lipinski definition) is 0. The van der Waals surface area contributed by atoms with Crippen molar-refractivity contribution in [2.24, 2.45) is 7.05 Å². The van der Waals surface area contributed by atoms with Crippen molar-refractivity contribution in [3.05, 3.63) is 76.7 Å². The largest absolute Gasteiger partial charge is 0.334 e. The Hall–Kier alpha value is -4.32. The number of aryl methyl sites for hydroxylation is 1. The van der Waals surface area contributed by atoms with Crippen molar-refractivity contribution >= 4 is 5.91 Å². The van der Waals surface area contributed by atoms with Crippen LogP contribution in [0.1, 0.15) is 27.2 Å². The molecule has 0 fully saturated rings. The summed E-state index contributed by atoms with van der Waals surface area (Å²) in [6, 6.07) is 14.6. The molecule has 0 unspecified atom stereocenters. The number of halogens is 1. The van der Waals surface area contributed by atoms with Crippen LogP contribution in [0.5, 0.6) is 0 Å². The van der Waals surface area contributed by atoms with Gasteiger partial charge < -0.3 is 9.42 Å². The third-order valence-electron chi connectivity index (χ3n) is 5.50. The van der Waals surface area contributed by atoms with E-state index >= 15 is 0 Å². The molecule has 0 aliphatic carbocycles. The van der Waals surface area contributed by atoms with E-state index in [-0.39, 0.29) is 23.4 Å².